The third-order valence-corrected chi connectivity index (χ3v) is 12.2. The van der Waals surface area contributed by atoms with Crippen LogP contribution in [-0.2, 0) is 0 Å². The average Bonchev–Trinajstić information content (AvgIpc) is 4.27. The molecule has 2 aliphatic rings. The monoisotopic (exact) mass is 945 g/mol. The van der Waals surface area contributed by atoms with Crippen LogP contribution in [0, 0.1) is 11.8 Å². The van der Waals surface area contributed by atoms with Crippen molar-refractivity contribution in [1.82, 2.24) is 41.7 Å². The summed E-state index contributed by atoms with van der Waals surface area (Å²) in [4.78, 5) is 59.0. The van der Waals surface area contributed by atoms with Gasteiger partial charge in [0, 0.05) is 79.5 Å². The number of hydrogen-bond acceptors (Lipinski definition) is 7. The van der Waals surface area contributed by atoms with Crippen molar-refractivity contribution in [2.45, 2.75) is 173 Å². The molecule has 0 bridgehead atoms. The van der Waals surface area contributed by atoms with Crippen molar-refractivity contribution in [3.63, 3.8) is 0 Å². The lowest BCUT2D eigenvalue weighted by Gasteiger charge is -2.31. The van der Waals surface area contributed by atoms with Crippen LogP contribution in [-0.4, -0.2) is 131 Å². The largest absolute Gasteiger partial charge is 0.370 e. The highest BCUT2D eigenvalue weighted by Crippen LogP contribution is 2.29. The van der Waals surface area contributed by atoms with E-state index >= 15 is 0 Å². The van der Waals surface area contributed by atoms with Gasteiger partial charge in [0.15, 0.2) is 23.8 Å². The molecule has 0 heterocycles. The molecule has 19 heteroatoms. The number of hydrogen-bond donors (Lipinski definition) is 10. The van der Waals surface area contributed by atoms with Crippen LogP contribution in [0.15, 0.2) is 20.0 Å². The van der Waals surface area contributed by atoms with Crippen LogP contribution in [0.3, 0.4) is 0 Å². The molecule has 0 unspecified atom stereocenters. The van der Waals surface area contributed by atoms with Gasteiger partial charge in [-0.1, -0.05) is 96.3 Å². The standard InChI is InChI=1S/C48H96N16O3/c1-53-46(65)61-44(51)57-32-20-12-5-8-16-24-35-63(34-22-14-6-3-10-18-30-55-42(49)59-38-40-26-27-40)48(67)64(37-25-17-9-13-21-33-58-45(52)62-47(66)54-2)36-23-15-7-4-11-19-31-56-43(50)60-39-41-28-29-41/h40-41H,3-39H2,1-2H3,(H3,49,55,59)(H3,50,56,60)(H4,51,53,57,61,65)(H4,52,54,58,62,66). The number of carbonyl (C=O) groups is 3. The fourth-order valence-corrected chi connectivity index (χ4v) is 7.58. The fourth-order valence-electron chi connectivity index (χ4n) is 7.58. The number of guanidine groups is 4. The molecule has 0 aromatic heterocycles. The second-order valence-corrected chi connectivity index (χ2v) is 18.5. The van der Waals surface area contributed by atoms with Gasteiger partial charge in [-0.2, -0.15) is 0 Å². The van der Waals surface area contributed by atoms with Gasteiger partial charge in [0.25, 0.3) is 0 Å². The highest BCUT2D eigenvalue weighted by molar-refractivity contribution is 5.95. The average molecular weight is 945 g/mol. The topological polar surface area (TPSA) is 283 Å². The van der Waals surface area contributed by atoms with Gasteiger partial charge in [-0.3, -0.25) is 30.6 Å². The van der Waals surface area contributed by atoms with E-state index in [4.69, 9.17) is 22.9 Å². The van der Waals surface area contributed by atoms with Gasteiger partial charge in [-0.15, -0.1) is 0 Å². The quantitative estimate of drug-likeness (QED) is 0.0202. The minimum Gasteiger partial charge on any atom is -0.370 e. The van der Waals surface area contributed by atoms with E-state index in [1.54, 1.807) is 0 Å². The third kappa shape index (κ3) is 35.2. The number of rotatable bonds is 39. The van der Waals surface area contributed by atoms with E-state index in [1.807, 2.05) is 0 Å². The van der Waals surface area contributed by atoms with E-state index < -0.39 is 0 Å². The molecule has 2 rings (SSSR count). The smallest absolute Gasteiger partial charge is 0.321 e. The lowest BCUT2D eigenvalue weighted by molar-refractivity contribution is 0.148. The Hall–Kier alpha value is -4.71. The highest BCUT2D eigenvalue weighted by Gasteiger charge is 2.22. The molecule has 0 atom stereocenters. The number of aliphatic imine (C=N–C) groups is 4. The lowest BCUT2D eigenvalue weighted by Crippen LogP contribution is -2.45. The first-order valence-electron chi connectivity index (χ1n) is 26.3. The summed E-state index contributed by atoms with van der Waals surface area (Å²) < 4.78 is 0. The number of amides is 6. The van der Waals surface area contributed by atoms with Gasteiger partial charge in [-0.25, -0.2) is 14.4 Å². The number of carbonyl (C=O) groups excluding carboxylic acids is 3. The molecule has 2 fully saturated rings. The first kappa shape index (κ1) is 58.4. The van der Waals surface area contributed by atoms with Crippen LogP contribution >= 0.6 is 0 Å². The van der Waals surface area contributed by atoms with Crippen molar-refractivity contribution in [2.75, 3.05) is 79.5 Å². The predicted octanol–water partition coefficient (Wildman–Crippen LogP) is 5.80. The van der Waals surface area contributed by atoms with E-state index in [-0.39, 0.29) is 30.0 Å². The van der Waals surface area contributed by atoms with Crippen molar-refractivity contribution in [2.24, 2.45) is 54.7 Å². The summed E-state index contributed by atoms with van der Waals surface area (Å²) in [5.41, 5.74) is 23.6. The number of urea groups is 3. The van der Waals surface area contributed by atoms with Crippen LogP contribution in [0.25, 0.3) is 0 Å². The summed E-state index contributed by atoms with van der Waals surface area (Å²) in [6.45, 7) is 7.70. The maximum Gasteiger partial charge on any atom is 0.321 e. The summed E-state index contributed by atoms with van der Waals surface area (Å²) in [5, 5.41) is 16.4. The molecule has 19 nitrogen and oxygen atoms in total. The predicted molar refractivity (Wildman–Crippen MR) is 277 cm³/mol. The Morgan fingerprint density at radius 3 is 1.03 bits per heavy atom. The molecule has 6 amide bonds. The second-order valence-electron chi connectivity index (χ2n) is 18.5. The van der Waals surface area contributed by atoms with Gasteiger partial charge < -0.3 is 54.0 Å². The van der Waals surface area contributed by atoms with Crippen molar-refractivity contribution in [1.29, 1.82) is 0 Å². The summed E-state index contributed by atoms with van der Waals surface area (Å²) in [5.74, 6) is 2.90. The van der Waals surface area contributed by atoms with E-state index in [0.29, 0.717) is 25.0 Å². The Bertz CT molecular complexity index is 1440. The molecular formula is C48H96N16O3. The molecule has 67 heavy (non-hydrogen) atoms. The number of nitrogens with two attached hydrogens (primary N) is 4. The van der Waals surface area contributed by atoms with Gasteiger partial charge in [0.2, 0.25) is 0 Å². The first-order valence-corrected chi connectivity index (χ1v) is 26.3. The lowest BCUT2D eigenvalue weighted by atomic mass is 10.1. The highest BCUT2D eigenvalue weighted by atomic mass is 16.2. The normalized spacial score (nSPS) is 14.4. The Morgan fingerprint density at radius 1 is 0.418 bits per heavy atom. The molecule has 0 aromatic carbocycles. The fraction of sp³-hybridized carbons (Fsp3) is 0.854. The molecule has 0 spiro atoms. The molecule has 0 radical (unpaired) electrons. The van der Waals surface area contributed by atoms with Crippen molar-refractivity contribution in [3.8, 4) is 0 Å². The zero-order chi connectivity index (χ0) is 48.6. The summed E-state index contributed by atoms with van der Waals surface area (Å²) >= 11 is 0. The first-order chi connectivity index (χ1) is 32.6. The SMILES string of the molecule is CNC(=O)NC(N)=NCCCCCCCCN(CCCCCCCCNC(N)=NCC1CC1)C(=O)N(CCCCCCCCNC(N)=NCC1CC1)CCCCCCCN=C(N)NC(=O)NC. The van der Waals surface area contributed by atoms with Crippen LogP contribution in [0.4, 0.5) is 14.4 Å². The van der Waals surface area contributed by atoms with Gasteiger partial charge in [-0.05, 0) is 88.9 Å². The van der Waals surface area contributed by atoms with Crippen LogP contribution in [0.5, 0.6) is 0 Å². The molecule has 2 aliphatic carbocycles. The molecule has 14 N–H and O–H groups in total. The second kappa shape index (κ2) is 39.3. The Labute approximate surface area is 404 Å². The number of nitrogens with one attached hydrogen (secondary N) is 6. The molecule has 2 saturated carbocycles. The Kier molecular flexibility index (Phi) is 34.3. The molecule has 0 aromatic rings. The minimum absolute atomic E-state index is 0.130. The van der Waals surface area contributed by atoms with E-state index in [0.717, 1.165) is 199 Å². The number of nitrogens with zero attached hydrogens (tertiary/aromatic N) is 6. The zero-order valence-corrected chi connectivity index (χ0v) is 42.0. The minimum atomic E-state index is -0.375. The van der Waals surface area contributed by atoms with Crippen molar-refractivity contribution in [3.05, 3.63) is 0 Å². The van der Waals surface area contributed by atoms with Crippen molar-refractivity contribution >= 4 is 41.9 Å². The maximum atomic E-state index is 14.4. The maximum absolute atomic E-state index is 14.4. The van der Waals surface area contributed by atoms with E-state index in [1.165, 1.54) is 52.6 Å². The van der Waals surface area contributed by atoms with Gasteiger partial charge in [0.05, 0.1) is 0 Å². The Balaban J connectivity index is 1.87. The molecular weight excluding hydrogens is 849 g/mol. The third-order valence-electron chi connectivity index (χ3n) is 12.2. The summed E-state index contributed by atoms with van der Waals surface area (Å²) in [6.07, 6.45) is 29.7. The molecule has 0 aliphatic heterocycles. The zero-order valence-electron chi connectivity index (χ0n) is 42.0. The van der Waals surface area contributed by atoms with Gasteiger partial charge in [0.1, 0.15) is 0 Å². The van der Waals surface area contributed by atoms with Crippen LogP contribution < -0.4 is 54.8 Å². The summed E-state index contributed by atoms with van der Waals surface area (Å²) in [6, 6.07) is -0.558. The van der Waals surface area contributed by atoms with Crippen LogP contribution in [0.1, 0.15) is 173 Å². The summed E-state index contributed by atoms with van der Waals surface area (Å²) in [7, 11) is 3.08. The van der Waals surface area contributed by atoms with E-state index in [9.17, 15) is 14.4 Å². The molecule has 386 valence electrons. The Morgan fingerprint density at radius 2 is 0.716 bits per heavy atom. The van der Waals surface area contributed by atoms with E-state index in [2.05, 4.69) is 61.7 Å². The van der Waals surface area contributed by atoms with Gasteiger partial charge >= 0.3 is 18.1 Å². The van der Waals surface area contributed by atoms with Crippen molar-refractivity contribution < 1.29 is 14.4 Å². The molecule has 0 saturated heterocycles. The van der Waals surface area contributed by atoms with Crippen LogP contribution in [0.2, 0.25) is 0 Å². The number of unbranched alkanes of at least 4 members (excludes halogenated alkanes) is 19.